The van der Waals surface area contributed by atoms with Gasteiger partial charge < -0.3 is 15.0 Å². The van der Waals surface area contributed by atoms with Crippen LogP contribution in [0.15, 0.2) is 95.8 Å². The van der Waals surface area contributed by atoms with Crippen molar-refractivity contribution in [1.82, 2.24) is 10.3 Å². The quantitative estimate of drug-likeness (QED) is 0.272. The van der Waals surface area contributed by atoms with Gasteiger partial charge in [0.05, 0.1) is 17.1 Å². The number of amides is 1. The molecule has 2 N–H and O–H groups in total. The van der Waals surface area contributed by atoms with E-state index in [1.165, 1.54) is 18.2 Å². The van der Waals surface area contributed by atoms with Crippen LogP contribution in [0.3, 0.4) is 0 Å². The summed E-state index contributed by atoms with van der Waals surface area (Å²) in [5.74, 6) is 0.431. The highest BCUT2D eigenvalue weighted by Crippen LogP contribution is 2.34. The van der Waals surface area contributed by atoms with Gasteiger partial charge in [-0.2, -0.15) is 13.2 Å². The molecule has 8 heteroatoms. The first kappa shape index (κ1) is 24.1. The molecule has 0 bridgehead atoms. The molecule has 1 atom stereocenters. The number of hydrogen-bond donors (Lipinski definition) is 2. The van der Waals surface area contributed by atoms with Crippen molar-refractivity contribution >= 4 is 27.6 Å². The molecule has 0 aliphatic rings. The second kappa shape index (κ2) is 9.46. The minimum absolute atomic E-state index is 0.220. The van der Waals surface area contributed by atoms with E-state index in [1.807, 2.05) is 31.2 Å². The number of nitrogens with one attached hydrogen (secondary N) is 2. The zero-order chi connectivity index (χ0) is 26.2. The van der Waals surface area contributed by atoms with Crippen LogP contribution in [0.2, 0.25) is 0 Å². The maximum atomic E-state index is 13.1. The number of benzene rings is 4. The molecule has 1 heterocycles. The first-order valence-corrected chi connectivity index (χ1v) is 11.5. The van der Waals surface area contributed by atoms with Crippen LogP contribution in [-0.4, -0.2) is 10.9 Å². The Morgan fingerprint density at radius 3 is 2.38 bits per heavy atom. The van der Waals surface area contributed by atoms with Gasteiger partial charge in [0.1, 0.15) is 11.5 Å². The first-order chi connectivity index (χ1) is 17.7. The van der Waals surface area contributed by atoms with Crippen molar-refractivity contribution in [3.63, 3.8) is 0 Å². The lowest BCUT2D eigenvalue weighted by Crippen LogP contribution is -2.27. The molecule has 0 spiro atoms. The van der Waals surface area contributed by atoms with Crippen LogP contribution in [0.5, 0.6) is 11.5 Å². The number of aromatic amines is 1. The third-order valence-corrected chi connectivity index (χ3v) is 6.12. The number of hydrogen-bond acceptors (Lipinski definition) is 3. The summed E-state index contributed by atoms with van der Waals surface area (Å²) < 4.78 is 44.3. The van der Waals surface area contributed by atoms with Crippen molar-refractivity contribution < 1.29 is 22.7 Å². The zero-order valence-corrected chi connectivity index (χ0v) is 19.6. The topological polar surface area (TPSA) is 71.2 Å². The number of carbonyl (C=O) groups excluding carboxylic acids is 1. The van der Waals surface area contributed by atoms with E-state index in [4.69, 9.17) is 4.74 Å². The van der Waals surface area contributed by atoms with Crippen molar-refractivity contribution in [1.29, 1.82) is 0 Å². The van der Waals surface area contributed by atoms with Crippen LogP contribution >= 0.6 is 0 Å². The van der Waals surface area contributed by atoms with Gasteiger partial charge in [0.2, 0.25) is 5.56 Å². The standard InChI is InChI=1S/C29H21F3N2O3/c1-17(23-6-2-4-18-9-15-26(35)34-27(18)23)33-28(36)20-8-14-24-19(16-20)5-3-7-25(24)37-22-12-10-21(11-13-22)29(30,31)32/h2-17H,1H3,(H,33,36)(H,34,35)/t17-/m0/s1. The second-order valence-corrected chi connectivity index (χ2v) is 8.65. The summed E-state index contributed by atoms with van der Waals surface area (Å²) in [4.78, 5) is 27.7. The third kappa shape index (κ3) is 5.04. The predicted octanol–water partition coefficient (Wildman–Crippen LogP) is 6.98. The van der Waals surface area contributed by atoms with E-state index in [2.05, 4.69) is 10.3 Å². The fourth-order valence-electron chi connectivity index (χ4n) is 4.24. The van der Waals surface area contributed by atoms with E-state index < -0.39 is 11.7 Å². The molecule has 0 unspecified atom stereocenters. The lowest BCUT2D eigenvalue weighted by atomic mass is 10.0. The van der Waals surface area contributed by atoms with Gasteiger partial charge in [0.15, 0.2) is 0 Å². The summed E-state index contributed by atoms with van der Waals surface area (Å²) in [5.41, 5.74) is 0.919. The van der Waals surface area contributed by atoms with Gasteiger partial charge in [-0.15, -0.1) is 0 Å². The Morgan fingerprint density at radius 2 is 1.62 bits per heavy atom. The molecular formula is C29H21F3N2O3. The minimum atomic E-state index is -4.42. The van der Waals surface area contributed by atoms with Gasteiger partial charge in [-0.3, -0.25) is 9.59 Å². The fraction of sp³-hybridized carbons (Fsp3) is 0.103. The van der Waals surface area contributed by atoms with Gasteiger partial charge in [0.25, 0.3) is 5.91 Å². The summed E-state index contributed by atoms with van der Waals surface area (Å²) >= 11 is 0. The van der Waals surface area contributed by atoms with Crippen LogP contribution in [0.25, 0.3) is 21.7 Å². The molecule has 186 valence electrons. The van der Waals surface area contributed by atoms with E-state index in [-0.39, 0.29) is 23.3 Å². The van der Waals surface area contributed by atoms with Crippen molar-refractivity contribution in [2.75, 3.05) is 0 Å². The zero-order valence-electron chi connectivity index (χ0n) is 19.6. The fourth-order valence-corrected chi connectivity index (χ4v) is 4.24. The molecule has 5 rings (SSSR count). The van der Waals surface area contributed by atoms with Crippen molar-refractivity contribution in [3.05, 3.63) is 118 Å². The highest BCUT2D eigenvalue weighted by atomic mass is 19.4. The predicted molar refractivity (Wildman–Crippen MR) is 136 cm³/mol. The average molecular weight is 502 g/mol. The number of fused-ring (bicyclic) bond motifs is 2. The number of H-pyrrole nitrogens is 1. The Hall–Kier alpha value is -4.59. The van der Waals surface area contributed by atoms with Crippen molar-refractivity contribution in [2.24, 2.45) is 0 Å². The summed E-state index contributed by atoms with van der Waals surface area (Å²) in [7, 11) is 0. The minimum Gasteiger partial charge on any atom is -0.457 e. The molecular weight excluding hydrogens is 481 g/mol. The molecule has 0 radical (unpaired) electrons. The number of rotatable bonds is 5. The van der Waals surface area contributed by atoms with Gasteiger partial charge in [-0.25, -0.2) is 0 Å². The Morgan fingerprint density at radius 1 is 0.892 bits per heavy atom. The molecule has 1 amide bonds. The largest absolute Gasteiger partial charge is 0.457 e. The number of aromatic nitrogens is 1. The van der Waals surface area contributed by atoms with E-state index in [0.29, 0.717) is 22.2 Å². The van der Waals surface area contributed by atoms with E-state index in [1.54, 1.807) is 36.4 Å². The van der Waals surface area contributed by atoms with E-state index in [0.717, 1.165) is 28.5 Å². The smallest absolute Gasteiger partial charge is 0.416 e. The normalized spacial score (nSPS) is 12.4. The summed E-state index contributed by atoms with van der Waals surface area (Å²) in [6.07, 6.45) is -4.42. The third-order valence-electron chi connectivity index (χ3n) is 6.12. The Labute approximate surface area is 209 Å². The molecule has 4 aromatic carbocycles. The number of ether oxygens (including phenoxy) is 1. The molecule has 0 aliphatic heterocycles. The van der Waals surface area contributed by atoms with Crippen LogP contribution in [0, 0.1) is 0 Å². The van der Waals surface area contributed by atoms with Gasteiger partial charge in [0, 0.05) is 17.0 Å². The number of pyridine rings is 1. The SMILES string of the molecule is C[C@H](NC(=O)c1ccc2c(Oc3ccc(C(F)(F)F)cc3)cccc2c1)c1cccc2ccc(=O)[nH]c12. The van der Waals surface area contributed by atoms with Crippen molar-refractivity contribution in [3.8, 4) is 11.5 Å². The summed E-state index contributed by atoms with van der Waals surface area (Å²) in [6, 6.07) is 23.3. The van der Waals surface area contributed by atoms with Crippen LogP contribution in [0.1, 0.15) is 34.5 Å². The molecule has 0 fully saturated rings. The summed E-state index contributed by atoms with van der Waals surface area (Å²) in [6.45, 7) is 1.84. The lowest BCUT2D eigenvalue weighted by Gasteiger charge is -2.17. The Kier molecular flexibility index (Phi) is 6.17. The molecule has 0 saturated carbocycles. The highest BCUT2D eigenvalue weighted by Gasteiger charge is 2.30. The highest BCUT2D eigenvalue weighted by molar-refractivity contribution is 6.00. The first-order valence-electron chi connectivity index (χ1n) is 11.5. The van der Waals surface area contributed by atoms with E-state index in [9.17, 15) is 22.8 Å². The van der Waals surface area contributed by atoms with Gasteiger partial charge >= 0.3 is 6.18 Å². The van der Waals surface area contributed by atoms with Crippen LogP contribution in [0.4, 0.5) is 13.2 Å². The van der Waals surface area contributed by atoms with E-state index >= 15 is 0 Å². The second-order valence-electron chi connectivity index (χ2n) is 8.65. The van der Waals surface area contributed by atoms with Gasteiger partial charge in [-0.1, -0.05) is 30.3 Å². The summed E-state index contributed by atoms with van der Waals surface area (Å²) in [5, 5.41) is 5.28. The maximum absolute atomic E-state index is 13.1. The number of para-hydroxylation sites is 1. The van der Waals surface area contributed by atoms with Crippen molar-refractivity contribution in [2.45, 2.75) is 19.1 Å². The number of carbonyl (C=O) groups is 1. The molecule has 5 nitrogen and oxygen atoms in total. The molecule has 1 aromatic heterocycles. The Bertz CT molecular complexity index is 1670. The average Bonchev–Trinajstić information content (AvgIpc) is 2.88. The molecule has 0 saturated heterocycles. The molecule has 37 heavy (non-hydrogen) atoms. The molecule has 0 aliphatic carbocycles. The monoisotopic (exact) mass is 502 g/mol. The number of halogens is 3. The van der Waals surface area contributed by atoms with Crippen LogP contribution in [-0.2, 0) is 6.18 Å². The number of alkyl halides is 3. The maximum Gasteiger partial charge on any atom is 0.416 e. The van der Waals surface area contributed by atoms with Crippen LogP contribution < -0.4 is 15.6 Å². The molecule has 5 aromatic rings. The Balaban J connectivity index is 1.37. The van der Waals surface area contributed by atoms with Gasteiger partial charge in [-0.05, 0) is 77.9 Å². The lowest BCUT2D eigenvalue weighted by molar-refractivity contribution is -0.137.